The molecule has 0 atom stereocenters. The monoisotopic (exact) mass is 461 g/mol. The lowest BCUT2D eigenvalue weighted by Gasteiger charge is -2.12. The van der Waals surface area contributed by atoms with Crippen LogP contribution in [0.1, 0.15) is 28.8 Å². The lowest BCUT2D eigenvalue weighted by atomic mass is 10.2. The minimum Gasteiger partial charge on any atom is -0.490 e. The largest absolute Gasteiger partial charge is 0.490 e. The molecule has 0 saturated carbocycles. The number of imide groups is 1. The van der Waals surface area contributed by atoms with E-state index >= 15 is 0 Å². The molecule has 2 amide bonds. The van der Waals surface area contributed by atoms with Gasteiger partial charge in [-0.1, -0.05) is 6.07 Å². The van der Waals surface area contributed by atoms with Crippen LogP contribution in [0.15, 0.2) is 39.7 Å². The molecule has 0 unspecified atom stereocenters. The number of rotatable bonds is 9. The Morgan fingerprint density at radius 2 is 1.94 bits per heavy atom. The van der Waals surface area contributed by atoms with E-state index in [1.54, 1.807) is 25.1 Å². The van der Waals surface area contributed by atoms with Crippen molar-refractivity contribution in [1.29, 1.82) is 0 Å². The summed E-state index contributed by atoms with van der Waals surface area (Å²) in [5.74, 6) is -1.54. The molecule has 1 aromatic carbocycles. The molecule has 2 aromatic rings. The number of carboxylic acids is 1. The summed E-state index contributed by atoms with van der Waals surface area (Å²) in [6.07, 6.45) is 1.51. The fraction of sp³-hybridized carbons (Fsp3) is 0.238. The maximum absolute atomic E-state index is 12.5. The molecule has 168 valence electrons. The van der Waals surface area contributed by atoms with Crippen molar-refractivity contribution in [3.05, 3.63) is 52.3 Å². The normalized spacial score (nSPS) is 14.7. The van der Waals surface area contributed by atoms with Crippen molar-refractivity contribution in [2.45, 2.75) is 13.5 Å². The van der Waals surface area contributed by atoms with E-state index in [4.69, 9.17) is 19.0 Å². The summed E-state index contributed by atoms with van der Waals surface area (Å²) < 4.78 is 21.0. The van der Waals surface area contributed by atoms with Crippen LogP contribution in [0.4, 0.5) is 4.79 Å². The summed E-state index contributed by atoms with van der Waals surface area (Å²) in [6.45, 7) is 1.67. The minimum absolute atomic E-state index is 0.0148. The molecular formula is C21H19NO9S. The van der Waals surface area contributed by atoms with Crippen LogP contribution in [0.5, 0.6) is 11.5 Å². The summed E-state index contributed by atoms with van der Waals surface area (Å²) in [5, 5.41) is 8.36. The van der Waals surface area contributed by atoms with E-state index in [9.17, 15) is 19.2 Å². The molecule has 10 nitrogen and oxygen atoms in total. The van der Waals surface area contributed by atoms with Gasteiger partial charge in [-0.2, -0.15) is 0 Å². The zero-order valence-electron chi connectivity index (χ0n) is 17.2. The Morgan fingerprint density at radius 1 is 1.16 bits per heavy atom. The fourth-order valence-corrected chi connectivity index (χ4v) is 3.54. The number of ether oxygens (including phenoxy) is 3. The molecule has 1 N–H and O–H groups in total. The first-order chi connectivity index (χ1) is 15.3. The Morgan fingerprint density at radius 3 is 2.59 bits per heavy atom. The van der Waals surface area contributed by atoms with Crippen LogP contribution in [0.2, 0.25) is 0 Å². The number of benzene rings is 1. The Hall–Kier alpha value is -3.73. The zero-order chi connectivity index (χ0) is 23.3. The first kappa shape index (κ1) is 22.9. The summed E-state index contributed by atoms with van der Waals surface area (Å²) in [7, 11) is 1.17. The van der Waals surface area contributed by atoms with Crippen molar-refractivity contribution in [3.63, 3.8) is 0 Å². The second-order valence-electron chi connectivity index (χ2n) is 6.34. The molecule has 0 radical (unpaired) electrons. The Kier molecular flexibility index (Phi) is 7.21. The number of esters is 1. The number of carboxylic acid groups (broad SMARTS) is 1. The van der Waals surface area contributed by atoms with Crippen molar-refractivity contribution in [1.82, 2.24) is 4.90 Å². The highest BCUT2D eigenvalue weighted by Crippen LogP contribution is 2.35. The van der Waals surface area contributed by atoms with E-state index in [0.29, 0.717) is 29.4 Å². The smallest absolute Gasteiger partial charge is 0.371 e. The molecule has 32 heavy (non-hydrogen) atoms. The number of carbonyl (C=O) groups is 4. The Labute approximate surface area is 186 Å². The fourth-order valence-electron chi connectivity index (χ4n) is 2.70. The van der Waals surface area contributed by atoms with E-state index in [-0.39, 0.29) is 17.3 Å². The maximum Gasteiger partial charge on any atom is 0.371 e. The second-order valence-corrected chi connectivity index (χ2v) is 7.34. The third-order valence-electron chi connectivity index (χ3n) is 4.20. The highest BCUT2D eigenvalue weighted by atomic mass is 32.2. The highest BCUT2D eigenvalue weighted by Gasteiger charge is 2.36. The number of aromatic carboxylic acids is 1. The van der Waals surface area contributed by atoms with Gasteiger partial charge in [0.05, 0.1) is 18.6 Å². The van der Waals surface area contributed by atoms with Gasteiger partial charge in [-0.25, -0.2) is 4.79 Å². The molecule has 3 rings (SSSR count). The number of nitrogens with zero attached hydrogens (tertiary/aromatic N) is 1. The van der Waals surface area contributed by atoms with Crippen molar-refractivity contribution in [2.75, 3.05) is 20.3 Å². The lowest BCUT2D eigenvalue weighted by molar-refractivity contribution is -0.143. The van der Waals surface area contributed by atoms with Crippen molar-refractivity contribution in [3.8, 4) is 11.5 Å². The summed E-state index contributed by atoms with van der Waals surface area (Å²) >= 11 is 0.723. The molecule has 0 aliphatic carbocycles. The number of thioether (sulfide) groups is 1. The van der Waals surface area contributed by atoms with E-state index in [1.807, 2.05) is 0 Å². The van der Waals surface area contributed by atoms with Crippen LogP contribution in [0, 0.1) is 0 Å². The number of carbonyl (C=O) groups excluding carboxylic acids is 3. The first-order valence-electron chi connectivity index (χ1n) is 9.36. The minimum atomic E-state index is -1.17. The average molecular weight is 461 g/mol. The van der Waals surface area contributed by atoms with E-state index in [0.717, 1.165) is 16.7 Å². The molecule has 1 saturated heterocycles. The maximum atomic E-state index is 12.5. The van der Waals surface area contributed by atoms with E-state index < -0.39 is 29.6 Å². The van der Waals surface area contributed by atoms with Gasteiger partial charge in [0.1, 0.15) is 18.9 Å². The predicted octanol–water partition coefficient (Wildman–Crippen LogP) is 3.16. The van der Waals surface area contributed by atoms with Crippen LogP contribution >= 0.6 is 11.8 Å². The topological polar surface area (TPSA) is 133 Å². The van der Waals surface area contributed by atoms with Crippen LogP contribution in [0.3, 0.4) is 0 Å². The van der Waals surface area contributed by atoms with Gasteiger partial charge in [-0.05, 0) is 54.6 Å². The number of hydrogen-bond donors (Lipinski definition) is 1. The summed E-state index contributed by atoms with van der Waals surface area (Å²) in [6, 6.07) is 7.76. The van der Waals surface area contributed by atoms with Gasteiger partial charge in [0.15, 0.2) is 11.5 Å². The Bertz CT molecular complexity index is 1090. The third kappa shape index (κ3) is 5.30. The molecular weight excluding hydrogens is 442 g/mol. The van der Waals surface area contributed by atoms with Gasteiger partial charge in [-0.3, -0.25) is 19.3 Å². The molecule has 1 aliphatic heterocycles. The molecule has 1 aliphatic rings. The number of furan rings is 1. The van der Waals surface area contributed by atoms with Crippen LogP contribution in [-0.2, 0) is 20.9 Å². The summed E-state index contributed by atoms with van der Waals surface area (Å²) in [5.41, 5.74) is 0.579. The van der Waals surface area contributed by atoms with Crippen molar-refractivity contribution >= 4 is 40.9 Å². The Balaban J connectivity index is 1.76. The number of hydrogen-bond acceptors (Lipinski definition) is 9. The number of methoxy groups -OCH3 is 1. The summed E-state index contributed by atoms with van der Waals surface area (Å²) in [4.78, 5) is 47.8. The molecule has 1 fully saturated rings. The van der Waals surface area contributed by atoms with Gasteiger partial charge in [-0.15, -0.1) is 0 Å². The van der Waals surface area contributed by atoms with Gasteiger partial charge in [0.25, 0.3) is 11.1 Å². The van der Waals surface area contributed by atoms with Gasteiger partial charge < -0.3 is 23.7 Å². The van der Waals surface area contributed by atoms with Crippen molar-refractivity contribution < 1.29 is 42.9 Å². The van der Waals surface area contributed by atoms with E-state index in [1.165, 1.54) is 25.3 Å². The zero-order valence-corrected chi connectivity index (χ0v) is 18.0. The molecule has 0 spiro atoms. The molecule has 11 heteroatoms. The second kappa shape index (κ2) is 10.1. The molecule has 1 aromatic heterocycles. The SMILES string of the molecule is CCOc1cc(C=C2SC(=O)N(CC(=O)OC)C2=O)ccc1OCc1ccc(C(=O)O)o1. The standard InChI is InChI=1S/C21H19NO9S/c1-3-29-16-8-12(9-17-19(24)22(21(27)32-17)10-18(23)28-2)4-6-14(16)30-11-13-5-7-15(31-13)20(25)26/h4-9H,3,10-11H2,1-2H3,(H,25,26). The van der Waals surface area contributed by atoms with Crippen LogP contribution < -0.4 is 9.47 Å². The molecule has 0 bridgehead atoms. The third-order valence-corrected chi connectivity index (χ3v) is 5.10. The molecule has 2 heterocycles. The number of amides is 2. The van der Waals surface area contributed by atoms with Gasteiger partial charge in [0.2, 0.25) is 5.76 Å². The first-order valence-corrected chi connectivity index (χ1v) is 10.2. The van der Waals surface area contributed by atoms with Gasteiger partial charge in [0, 0.05) is 0 Å². The van der Waals surface area contributed by atoms with Crippen molar-refractivity contribution in [2.24, 2.45) is 0 Å². The lowest BCUT2D eigenvalue weighted by Crippen LogP contribution is -2.34. The quantitative estimate of drug-likeness (QED) is 0.438. The average Bonchev–Trinajstić information content (AvgIpc) is 3.34. The predicted molar refractivity (Wildman–Crippen MR) is 112 cm³/mol. The van der Waals surface area contributed by atoms with E-state index in [2.05, 4.69) is 4.74 Å². The highest BCUT2D eigenvalue weighted by molar-refractivity contribution is 8.18. The van der Waals surface area contributed by atoms with Crippen LogP contribution in [-0.4, -0.2) is 53.4 Å². The van der Waals surface area contributed by atoms with Crippen LogP contribution in [0.25, 0.3) is 6.08 Å². The van der Waals surface area contributed by atoms with Gasteiger partial charge >= 0.3 is 11.9 Å².